The quantitative estimate of drug-likeness (QED) is 0.845. The van der Waals surface area contributed by atoms with E-state index in [2.05, 4.69) is 11.8 Å². The van der Waals surface area contributed by atoms with Gasteiger partial charge >= 0.3 is 0 Å². The zero-order chi connectivity index (χ0) is 14.8. The minimum Gasteiger partial charge on any atom is -0.302 e. The van der Waals surface area contributed by atoms with E-state index in [1.807, 2.05) is 0 Å². The van der Waals surface area contributed by atoms with Crippen LogP contribution >= 0.6 is 23.2 Å². The van der Waals surface area contributed by atoms with Crippen molar-refractivity contribution in [2.24, 2.45) is 5.92 Å². The highest BCUT2D eigenvalue weighted by molar-refractivity contribution is 7.91. The average molecular weight is 336 g/mol. The second-order valence-electron chi connectivity index (χ2n) is 5.44. The van der Waals surface area contributed by atoms with Gasteiger partial charge in [0, 0.05) is 18.1 Å². The summed E-state index contributed by atoms with van der Waals surface area (Å²) in [4.78, 5) is 2.35. The fourth-order valence-corrected chi connectivity index (χ4v) is 4.66. The minimum atomic E-state index is -3.39. The highest BCUT2D eigenvalue weighted by Crippen LogP contribution is 2.26. The maximum Gasteiger partial charge on any atom is 0.181 e. The van der Waals surface area contributed by atoms with Crippen LogP contribution in [-0.4, -0.2) is 38.7 Å². The lowest BCUT2D eigenvalue weighted by Gasteiger charge is -2.30. The minimum absolute atomic E-state index is 0.0831. The van der Waals surface area contributed by atoms with Crippen LogP contribution in [0.1, 0.15) is 19.8 Å². The molecule has 2 rings (SSSR count). The smallest absolute Gasteiger partial charge is 0.181 e. The number of rotatable bonds is 4. The molecule has 0 aromatic heterocycles. The molecule has 112 valence electrons. The lowest BCUT2D eigenvalue weighted by atomic mass is 10.0. The van der Waals surface area contributed by atoms with Gasteiger partial charge in [0.05, 0.1) is 15.7 Å². The Morgan fingerprint density at radius 2 is 2.10 bits per heavy atom. The molecule has 0 radical (unpaired) electrons. The van der Waals surface area contributed by atoms with Crippen molar-refractivity contribution < 1.29 is 8.42 Å². The molecule has 0 unspecified atom stereocenters. The van der Waals surface area contributed by atoms with E-state index in [-0.39, 0.29) is 15.7 Å². The molecule has 0 saturated carbocycles. The molecular formula is C14H19Cl2NO2S. The number of sulfone groups is 1. The molecule has 0 amide bonds. The lowest BCUT2D eigenvalue weighted by molar-refractivity contribution is 0.193. The van der Waals surface area contributed by atoms with E-state index < -0.39 is 9.84 Å². The van der Waals surface area contributed by atoms with Gasteiger partial charge in [0.15, 0.2) is 9.84 Å². The molecule has 6 heteroatoms. The molecule has 1 atom stereocenters. The van der Waals surface area contributed by atoms with Crippen LogP contribution in [0.3, 0.4) is 0 Å². The summed E-state index contributed by atoms with van der Waals surface area (Å²) in [7, 11) is -3.39. The predicted octanol–water partition coefficient (Wildman–Crippen LogP) is 3.50. The molecule has 0 bridgehead atoms. The molecule has 1 aliphatic heterocycles. The van der Waals surface area contributed by atoms with Crippen molar-refractivity contribution in [2.45, 2.75) is 24.7 Å². The molecular weight excluding hydrogens is 317 g/mol. The van der Waals surface area contributed by atoms with E-state index in [1.54, 1.807) is 6.07 Å². The van der Waals surface area contributed by atoms with Crippen LogP contribution in [0.5, 0.6) is 0 Å². The first kappa shape index (κ1) is 16.1. The van der Waals surface area contributed by atoms with Crippen LogP contribution < -0.4 is 0 Å². The molecule has 1 saturated heterocycles. The van der Waals surface area contributed by atoms with Crippen molar-refractivity contribution in [2.75, 3.05) is 25.4 Å². The average Bonchev–Trinajstić information content (AvgIpc) is 2.39. The van der Waals surface area contributed by atoms with Gasteiger partial charge in [-0.1, -0.05) is 30.1 Å². The molecule has 3 nitrogen and oxygen atoms in total. The Morgan fingerprint density at radius 3 is 2.80 bits per heavy atom. The van der Waals surface area contributed by atoms with Crippen molar-refractivity contribution in [1.29, 1.82) is 0 Å². The van der Waals surface area contributed by atoms with Gasteiger partial charge in [-0.05, 0) is 43.5 Å². The predicted molar refractivity (Wildman–Crippen MR) is 83.4 cm³/mol. The molecule has 0 spiro atoms. The number of piperidine rings is 1. The van der Waals surface area contributed by atoms with Crippen LogP contribution in [0.4, 0.5) is 0 Å². The van der Waals surface area contributed by atoms with Gasteiger partial charge < -0.3 is 4.90 Å². The van der Waals surface area contributed by atoms with E-state index in [9.17, 15) is 8.42 Å². The van der Waals surface area contributed by atoms with E-state index in [0.29, 0.717) is 17.5 Å². The summed E-state index contributed by atoms with van der Waals surface area (Å²) in [6.45, 7) is 4.70. The molecule has 1 fully saturated rings. The monoisotopic (exact) mass is 335 g/mol. The maximum absolute atomic E-state index is 12.4. The van der Waals surface area contributed by atoms with Gasteiger partial charge in [0.1, 0.15) is 0 Å². The first-order valence-corrected chi connectivity index (χ1v) is 9.19. The Morgan fingerprint density at radius 1 is 1.35 bits per heavy atom. The molecule has 1 aromatic carbocycles. The molecule has 0 N–H and O–H groups in total. The Hall–Kier alpha value is -0.290. The number of hydrogen-bond donors (Lipinski definition) is 0. The van der Waals surface area contributed by atoms with Crippen LogP contribution in [0.2, 0.25) is 10.0 Å². The first-order chi connectivity index (χ1) is 9.38. The van der Waals surface area contributed by atoms with Crippen molar-refractivity contribution in [3.8, 4) is 0 Å². The highest BCUT2D eigenvalue weighted by atomic mass is 35.5. The number of benzene rings is 1. The summed E-state index contributed by atoms with van der Waals surface area (Å²) >= 11 is 11.8. The van der Waals surface area contributed by atoms with Crippen molar-refractivity contribution >= 4 is 33.0 Å². The van der Waals surface area contributed by atoms with Gasteiger partial charge in [-0.15, -0.1) is 0 Å². The molecule has 0 aliphatic carbocycles. The van der Waals surface area contributed by atoms with E-state index in [0.717, 1.165) is 19.5 Å². The van der Waals surface area contributed by atoms with Crippen molar-refractivity contribution in [3.63, 3.8) is 0 Å². The van der Waals surface area contributed by atoms with Crippen LogP contribution in [0, 0.1) is 5.92 Å². The first-order valence-electron chi connectivity index (χ1n) is 6.78. The van der Waals surface area contributed by atoms with Gasteiger partial charge in [0.2, 0.25) is 0 Å². The van der Waals surface area contributed by atoms with Crippen LogP contribution in [0.25, 0.3) is 0 Å². The zero-order valence-electron chi connectivity index (χ0n) is 11.5. The van der Waals surface area contributed by atoms with E-state index >= 15 is 0 Å². The number of hydrogen-bond acceptors (Lipinski definition) is 3. The number of nitrogens with zero attached hydrogens (tertiary/aromatic N) is 1. The lowest BCUT2D eigenvalue weighted by Crippen LogP contribution is -2.37. The Labute approximate surface area is 130 Å². The standard InChI is InChI=1S/C14H19Cl2NO2S/c1-11-3-2-6-17(10-11)7-8-20(18,19)14-9-12(15)4-5-13(14)16/h4-5,9,11H,2-3,6-8,10H2,1H3/t11-/m0/s1. The van der Waals surface area contributed by atoms with Crippen molar-refractivity contribution in [3.05, 3.63) is 28.2 Å². The van der Waals surface area contributed by atoms with E-state index in [1.165, 1.54) is 18.6 Å². The Bertz CT molecular complexity index is 575. The normalized spacial score (nSPS) is 21.1. The molecule has 1 aliphatic rings. The zero-order valence-corrected chi connectivity index (χ0v) is 13.8. The highest BCUT2D eigenvalue weighted by Gasteiger charge is 2.22. The summed E-state index contributed by atoms with van der Waals surface area (Å²) < 4.78 is 24.7. The molecule has 1 heterocycles. The summed E-state index contributed by atoms with van der Waals surface area (Å²) in [6.07, 6.45) is 2.36. The Kier molecular flexibility index (Phi) is 5.35. The van der Waals surface area contributed by atoms with Gasteiger partial charge in [0.25, 0.3) is 0 Å². The number of likely N-dealkylation sites (tertiary alicyclic amines) is 1. The summed E-state index contributed by atoms with van der Waals surface area (Å²) in [5.41, 5.74) is 0. The molecule has 20 heavy (non-hydrogen) atoms. The van der Waals surface area contributed by atoms with Crippen LogP contribution in [-0.2, 0) is 9.84 Å². The topological polar surface area (TPSA) is 37.4 Å². The fourth-order valence-electron chi connectivity index (χ4n) is 2.56. The third-order valence-corrected chi connectivity index (χ3v) is 6.05. The molecule has 1 aromatic rings. The second kappa shape index (κ2) is 6.65. The summed E-state index contributed by atoms with van der Waals surface area (Å²) in [5.74, 6) is 0.723. The second-order valence-corrected chi connectivity index (χ2v) is 8.36. The summed E-state index contributed by atoms with van der Waals surface area (Å²) in [5, 5.41) is 0.626. The summed E-state index contributed by atoms with van der Waals surface area (Å²) in [6, 6.07) is 4.55. The van der Waals surface area contributed by atoms with Crippen LogP contribution in [0.15, 0.2) is 23.1 Å². The van der Waals surface area contributed by atoms with Gasteiger partial charge in [-0.3, -0.25) is 0 Å². The number of halogens is 2. The third-order valence-electron chi connectivity index (χ3n) is 3.65. The fraction of sp³-hybridized carbons (Fsp3) is 0.571. The van der Waals surface area contributed by atoms with Gasteiger partial charge in [-0.2, -0.15) is 0 Å². The Balaban J connectivity index is 2.05. The SMILES string of the molecule is C[C@H]1CCCN(CCS(=O)(=O)c2cc(Cl)ccc2Cl)C1. The van der Waals surface area contributed by atoms with Gasteiger partial charge in [-0.25, -0.2) is 8.42 Å². The third kappa shape index (κ3) is 4.10. The largest absolute Gasteiger partial charge is 0.302 e. The van der Waals surface area contributed by atoms with E-state index in [4.69, 9.17) is 23.2 Å². The van der Waals surface area contributed by atoms with Crippen molar-refractivity contribution in [1.82, 2.24) is 4.90 Å². The maximum atomic E-state index is 12.4.